The summed E-state index contributed by atoms with van der Waals surface area (Å²) in [5, 5.41) is 11.4. The molecule has 0 spiro atoms. The first kappa shape index (κ1) is 29.1. The number of morpholine rings is 1. The maximum Gasteiger partial charge on any atom is 0.295 e. The Bertz CT molecular complexity index is 1270. The summed E-state index contributed by atoms with van der Waals surface area (Å²) in [5.41, 5.74) is 7.05. The van der Waals surface area contributed by atoms with Gasteiger partial charge in [0.15, 0.2) is 6.61 Å². The highest BCUT2D eigenvalue weighted by Crippen LogP contribution is 2.40. The number of primary amides is 1. The summed E-state index contributed by atoms with van der Waals surface area (Å²) in [6.07, 6.45) is 0.639. The van der Waals surface area contributed by atoms with E-state index in [4.69, 9.17) is 19.9 Å². The molecule has 0 radical (unpaired) electrons. The molecule has 0 aromatic heterocycles. The Morgan fingerprint density at radius 2 is 1.80 bits per heavy atom. The van der Waals surface area contributed by atoms with Gasteiger partial charge in [0.25, 0.3) is 17.6 Å². The summed E-state index contributed by atoms with van der Waals surface area (Å²) in [5.74, 6) is -1.13. The Labute approximate surface area is 234 Å². The van der Waals surface area contributed by atoms with Crippen LogP contribution in [0.2, 0.25) is 0 Å². The summed E-state index contributed by atoms with van der Waals surface area (Å²) < 4.78 is 16.6. The minimum absolute atomic E-state index is 0.0177. The smallest absolute Gasteiger partial charge is 0.295 e. The second-order valence-corrected chi connectivity index (χ2v) is 10.3. The number of ether oxygens (including phenoxy) is 3. The molecule has 2 fully saturated rings. The van der Waals surface area contributed by atoms with Crippen LogP contribution in [0.1, 0.15) is 43.0 Å². The third-order valence-corrected chi connectivity index (χ3v) is 6.90. The zero-order valence-corrected chi connectivity index (χ0v) is 23.2. The predicted octanol–water partition coefficient (Wildman–Crippen LogP) is 2.79. The lowest BCUT2D eigenvalue weighted by molar-refractivity contribution is -0.140. The van der Waals surface area contributed by atoms with Gasteiger partial charge < -0.3 is 30.0 Å². The molecule has 1 atom stereocenters. The second-order valence-electron chi connectivity index (χ2n) is 10.3. The van der Waals surface area contributed by atoms with Gasteiger partial charge in [0, 0.05) is 31.7 Å². The van der Waals surface area contributed by atoms with Crippen molar-refractivity contribution in [2.75, 3.05) is 46.0 Å². The molecular weight excluding hydrogens is 514 g/mol. The topological polar surface area (TPSA) is 132 Å². The molecule has 4 rings (SSSR count). The highest BCUT2D eigenvalue weighted by atomic mass is 16.5. The minimum Gasteiger partial charge on any atom is -0.507 e. The van der Waals surface area contributed by atoms with Crippen molar-refractivity contribution >= 4 is 23.4 Å². The first-order chi connectivity index (χ1) is 19.2. The Morgan fingerprint density at radius 3 is 2.42 bits per heavy atom. The van der Waals surface area contributed by atoms with Gasteiger partial charge in [0.1, 0.15) is 17.3 Å². The summed E-state index contributed by atoms with van der Waals surface area (Å²) in [7, 11) is 0. The Hall–Kier alpha value is -3.89. The van der Waals surface area contributed by atoms with Crippen LogP contribution in [0.4, 0.5) is 0 Å². The van der Waals surface area contributed by atoms with Gasteiger partial charge in [-0.2, -0.15) is 0 Å². The molecule has 2 amide bonds. The molecule has 2 saturated heterocycles. The van der Waals surface area contributed by atoms with Crippen LogP contribution >= 0.6 is 0 Å². The Balaban J connectivity index is 1.67. The number of aliphatic hydroxyl groups is 1. The average Bonchev–Trinajstić information content (AvgIpc) is 3.18. The summed E-state index contributed by atoms with van der Waals surface area (Å²) >= 11 is 0. The molecule has 1 unspecified atom stereocenters. The number of aryl methyl sites for hydroxylation is 1. The highest BCUT2D eigenvalue weighted by molar-refractivity contribution is 6.46. The van der Waals surface area contributed by atoms with Crippen LogP contribution in [0.3, 0.4) is 0 Å². The SMILES string of the molecule is Cc1cc(/C(O)=C2\C(=O)C(=O)N(CCCN3CCOCC3)C2c2ccc(OCC(N)=O)cc2)ccc1OC(C)C. The molecule has 0 bridgehead atoms. The number of hydrogen-bond donors (Lipinski definition) is 2. The summed E-state index contributed by atoms with van der Waals surface area (Å²) in [4.78, 5) is 41.6. The molecule has 3 N–H and O–H groups in total. The summed E-state index contributed by atoms with van der Waals surface area (Å²) in [6, 6.07) is 11.1. The predicted molar refractivity (Wildman–Crippen MR) is 149 cm³/mol. The number of nitrogens with zero attached hydrogens (tertiary/aromatic N) is 2. The van der Waals surface area contributed by atoms with Gasteiger partial charge in [-0.3, -0.25) is 19.3 Å². The zero-order valence-electron chi connectivity index (χ0n) is 23.2. The van der Waals surface area contributed by atoms with E-state index in [1.807, 2.05) is 20.8 Å². The van der Waals surface area contributed by atoms with Gasteiger partial charge in [-0.05, 0) is 68.7 Å². The third-order valence-electron chi connectivity index (χ3n) is 6.90. The lowest BCUT2D eigenvalue weighted by Gasteiger charge is -2.29. The fraction of sp³-hybridized carbons (Fsp3) is 0.433. The first-order valence-corrected chi connectivity index (χ1v) is 13.5. The number of nitrogens with two attached hydrogens (primary N) is 1. The van der Waals surface area contributed by atoms with Crippen molar-refractivity contribution in [3.63, 3.8) is 0 Å². The van der Waals surface area contributed by atoms with Crippen LogP contribution in [-0.2, 0) is 19.1 Å². The Kier molecular flexibility index (Phi) is 9.44. The van der Waals surface area contributed by atoms with Crippen LogP contribution in [0.5, 0.6) is 11.5 Å². The van der Waals surface area contributed by atoms with E-state index in [2.05, 4.69) is 4.90 Å². The normalized spacial score (nSPS) is 19.3. The van der Waals surface area contributed by atoms with Gasteiger partial charge >= 0.3 is 0 Å². The number of Topliss-reactive ketones (excluding diaryl/α,β-unsaturated/α-hetero) is 1. The molecule has 214 valence electrons. The molecule has 2 heterocycles. The van der Waals surface area contributed by atoms with Crippen molar-refractivity contribution in [1.29, 1.82) is 0 Å². The quantitative estimate of drug-likeness (QED) is 0.248. The number of carbonyl (C=O) groups is 3. The second kappa shape index (κ2) is 13.0. The maximum absolute atomic E-state index is 13.4. The van der Waals surface area contributed by atoms with Crippen molar-refractivity contribution in [3.05, 3.63) is 64.7 Å². The van der Waals surface area contributed by atoms with E-state index < -0.39 is 23.6 Å². The van der Waals surface area contributed by atoms with E-state index in [0.717, 1.165) is 25.2 Å². The number of aliphatic hydroxyl groups excluding tert-OH is 1. The summed E-state index contributed by atoms with van der Waals surface area (Å²) in [6.45, 7) is 9.55. The van der Waals surface area contributed by atoms with Gasteiger partial charge in [-0.25, -0.2) is 0 Å². The monoisotopic (exact) mass is 551 g/mol. The number of benzene rings is 2. The molecule has 2 aliphatic rings. The molecule has 0 saturated carbocycles. The first-order valence-electron chi connectivity index (χ1n) is 13.5. The van der Waals surface area contributed by atoms with Gasteiger partial charge in [0.05, 0.1) is 30.9 Å². The highest BCUT2D eigenvalue weighted by Gasteiger charge is 2.45. The number of hydrogen-bond acceptors (Lipinski definition) is 8. The van der Waals surface area contributed by atoms with Crippen molar-refractivity contribution in [3.8, 4) is 11.5 Å². The van der Waals surface area contributed by atoms with E-state index in [0.29, 0.717) is 48.8 Å². The maximum atomic E-state index is 13.4. The molecule has 2 aromatic rings. The Morgan fingerprint density at radius 1 is 1.10 bits per heavy atom. The average molecular weight is 552 g/mol. The molecule has 0 aliphatic carbocycles. The van der Waals surface area contributed by atoms with E-state index in [-0.39, 0.29) is 24.0 Å². The number of likely N-dealkylation sites (tertiary alicyclic amines) is 1. The third kappa shape index (κ3) is 6.81. The van der Waals surface area contributed by atoms with Crippen LogP contribution in [0, 0.1) is 6.92 Å². The number of carbonyl (C=O) groups excluding carboxylic acids is 3. The van der Waals surface area contributed by atoms with Crippen molar-refractivity contribution in [1.82, 2.24) is 9.80 Å². The van der Waals surface area contributed by atoms with E-state index in [1.54, 1.807) is 42.5 Å². The van der Waals surface area contributed by atoms with Gasteiger partial charge in [-0.15, -0.1) is 0 Å². The fourth-order valence-corrected chi connectivity index (χ4v) is 4.99. The van der Waals surface area contributed by atoms with Crippen LogP contribution < -0.4 is 15.2 Å². The van der Waals surface area contributed by atoms with Gasteiger partial charge in [-0.1, -0.05) is 12.1 Å². The lowest BCUT2D eigenvalue weighted by Crippen LogP contribution is -2.38. The number of rotatable bonds is 11. The van der Waals surface area contributed by atoms with Crippen LogP contribution in [0.25, 0.3) is 5.76 Å². The number of ketones is 1. The molecule has 2 aliphatic heterocycles. The molecule has 10 heteroatoms. The number of amides is 2. The van der Waals surface area contributed by atoms with E-state index >= 15 is 0 Å². The van der Waals surface area contributed by atoms with Crippen LogP contribution in [-0.4, -0.2) is 84.6 Å². The molecule has 40 heavy (non-hydrogen) atoms. The zero-order chi connectivity index (χ0) is 28.8. The van der Waals surface area contributed by atoms with Gasteiger partial charge in [0.2, 0.25) is 0 Å². The van der Waals surface area contributed by atoms with Crippen molar-refractivity contribution in [2.24, 2.45) is 5.73 Å². The molecule has 10 nitrogen and oxygen atoms in total. The fourth-order valence-electron chi connectivity index (χ4n) is 4.99. The minimum atomic E-state index is -0.790. The largest absolute Gasteiger partial charge is 0.507 e. The van der Waals surface area contributed by atoms with Crippen molar-refractivity contribution in [2.45, 2.75) is 39.3 Å². The lowest BCUT2D eigenvalue weighted by atomic mass is 9.94. The van der Waals surface area contributed by atoms with E-state index in [9.17, 15) is 19.5 Å². The van der Waals surface area contributed by atoms with Crippen molar-refractivity contribution < 1.29 is 33.7 Å². The van der Waals surface area contributed by atoms with Crippen LogP contribution in [0.15, 0.2) is 48.0 Å². The van der Waals surface area contributed by atoms with E-state index in [1.165, 1.54) is 4.90 Å². The molecule has 2 aromatic carbocycles. The molecular formula is C30H37N3O7. The standard InChI is InChI=1S/C30H37N3O7/c1-19(2)40-24-10-7-22(17-20(24)3)28(35)26-27(21-5-8-23(9-6-21)39-18-25(31)34)33(30(37)29(26)36)12-4-11-32-13-15-38-16-14-32/h5-10,17,19,27,35H,4,11-16,18H2,1-3H3,(H2,31,34)/b28-26+.